The Kier molecular flexibility index (Phi) is 6.53. The van der Waals surface area contributed by atoms with Gasteiger partial charge in [-0.2, -0.15) is 11.8 Å². The molecule has 1 N–H and O–H groups in total. The molecule has 0 aromatic heterocycles. The molecule has 0 fully saturated rings. The Hall–Kier alpha value is -0.470. The highest BCUT2D eigenvalue weighted by Crippen LogP contribution is 2.09. The molecule has 1 nitrogen and oxygen atoms in total. The molecule has 0 bridgehead atoms. The first-order chi connectivity index (χ1) is 7.33. The Morgan fingerprint density at radius 3 is 2.60 bits per heavy atom. The molecular formula is C13H20OS. The van der Waals surface area contributed by atoms with Crippen molar-refractivity contribution >= 4 is 11.8 Å². The van der Waals surface area contributed by atoms with Gasteiger partial charge in [-0.3, -0.25) is 0 Å². The smallest absolute Gasteiger partial charge is 0.0548 e. The van der Waals surface area contributed by atoms with E-state index in [1.54, 1.807) is 11.8 Å². The number of rotatable bonds is 7. The molecule has 0 saturated carbocycles. The fourth-order valence-electron chi connectivity index (χ4n) is 1.58. The lowest BCUT2D eigenvalue weighted by Crippen LogP contribution is -2.07. The molecule has 1 unspecified atom stereocenters. The van der Waals surface area contributed by atoms with Crippen LogP contribution in [-0.4, -0.2) is 23.2 Å². The van der Waals surface area contributed by atoms with Crippen molar-refractivity contribution in [3.63, 3.8) is 0 Å². The number of aliphatic hydroxyl groups excluding tert-OH is 1. The van der Waals surface area contributed by atoms with Gasteiger partial charge < -0.3 is 5.11 Å². The molecule has 84 valence electrons. The van der Waals surface area contributed by atoms with Gasteiger partial charge in [0.05, 0.1) is 6.10 Å². The first-order valence-electron chi connectivity index (χ1n) is 5.54. The number of aryl methyl sites for hydroxylation is 1. The third-order valence-electron chi connectivity index (χ3n) is 2.50. The van der Waals surface area contributed by atoms with Crippen molar-refractivity contribution < 1.29 is 5.11 Å². The number of benzene rings is 1. The van der Waals surface area contributed by atoms with Crippen LogP contribution in [0.25, 0.3) is 0 Å². The SMILES string of the molecule is CSCCC(O)CCCc1ccccc1. The Labute approximate surface area is 96.9 Å². The Morgan fingerprint density at radius 2 is 1.93 bits per heavy atom. The van der Waals surface area contributed by atoms with Crippen LogP contribution < -0.4 is 0 Å². The maximum absolute atomic E-state index is 9.64. The van der Waals surface area contributed by atoms with Gasteiger partial charge in [0, 0.05) is 0 Å². The van der Waals surface area contributed by atoms with Crippen molar-refractivity contribution in [3.05, 3.63) is 35.9 Å². The second-order valence-electron chi connectivity index (χ2n) is 3.81. The van der Waals surface area contributed by atoms with Crippen LogP contribution in [0.2, 0.25) is 0 Å². The van der Waals surface area contributed by atoms with E-state index in [1.165, 1.54) is 5.56 Å². The quantitative estimate of drug-likeness (QED) is 0.768. The third kappa shape index (κ3) is 5.85. The summed E-state index contributed by atoms with van der Waals surface area (Å²) in [4.78, 5) is 0. The monoisotopic (exact) mass is 224 g/mol. The highest BCUT2D eigenvalue weighted by Gasteiger charge is 2.03. The van der Waals surface area contributed by atoms with Gasteiger partial charge in [0.25, 0.3) is 0 Å². The molecule has 0 aliphatic carbocycles. The van der Waals surface area contributed by atoms with Crippen LogP contribution in [0.4, 0.5) is 0 Å². The van der Waals surface area contributed by atoms with E-state index in [-0.39, 0.29) is 6.10 Å². The molecule has 0 saturated heterocycles. The van der Waals surface area contributed by atoms with E-state index in [0.29, 0.717) is 0 Å². The minimum Gasteiger partial charge on any atom is -0.393 e. The van der Waals surface area contributed by atoms with E-state index < -0.39 is 0 Å². The van der Waals surface area contributed by atoms with Crippen LogP contribution in [0.15, 0.2) is 30.3 Å². The number of aliphatic hydroxyl groups is 1. The molecule has 1 aromatic carbocycles. The lowest BCUT2D eigenvalue weighted by atomic mass is 10.1. The van der Waals surface area contributed by atoms with Crippen LogP contribution in [0.5, 0.6) is 0 Å². The standard InChI is InChI=1S/C13H20OS/c1-15-11-10-13(14)9-5-8-12-6-3-2-4-7-12/h2-4,6-7,13-14H,5,8-11H2,1H3. The molecule has 0 heterocycles. The molecule has 1 rings (SSSR count). The molecular weight excluding hydrogens is 204 g/mol. The lowest BCUT2D eigenvalue weighted by Gasteiger charge is -2.09. The molecule has 0 spiro atoms. The van der Waals surface area contributed by atoms with Crippen molar-refractivity contribution in [1.82, 2.24) is 0 Å². The summed E-state index contributed by atoms with van der Waals surface area (Å²) >= 11 is 1.80. The normalized spacial score (nSPS) is 12.7. The average Bonchev–Trinajstić information content (AvgIpc) is 2.28. The second-order valence-corrected chi connectivity index (χ2v) is 4.80. The first-order valence-corrected chi connectivity index (χ1v) is 6.93. The first kappa shape index (κ1) is 12.6. The van der Waals surface area contributed by atoms with Crippen molar-refractivity contribution in [1.29, 1.82) is 0 Å². The van der Waals surface area contributed by atoms with Gasteiger partial charge in [-0.25, -0.2) is 0 Å². The molecule has 2 heteroatoms. The van der Waals surface area contributed by atoms with E-state index in [4.69, 9.17) is 0 Å². The van der Waals surface area contributed by atoms with E-state index in [9.17, 15) is 5.11 Å². The molecule has 0 radical (unpaired) electrons. The van der Waals surface area contributed by atoms with Crippen LogP contribution in [0.3, 0.4) is 0 Å². The maximum Gasteiger partial charge on any atom is 0.0548 e. The Morgan fingerprint density at radius 1 is 1.20 bits per heavy atom. The third-order valence-corrected chi connectivity index (χ3v) is 3.14. The highest BCUT2D eigenvalue weighted by molar-refractivity contribution is 7.98. The summed E-state index contributed by atoms with van der Waals surface area (Å²) in [6, 6.07) is 10.5. The van der Waals surface area contributed by atoms with Gasteiger partial charge in [0.2, 0.25) is 0 Å². The van der Waals surface area contributed by atoms with Crippen LogP contribution in [0.1, 0.15) is 24.8 Å². The van der Waals surface area contributed by atoms with E-state index in [1.807, 2.05) is 6.07 Å². The molecule has 15 heavy (non-hydrogen) atoms. The highest BCUT2D eigenvalue weighted by atomic mass is 32.2. The van der Waals surface area contributed by atoms with Gasteiger partial charge in [-0.15, -0.1) is 0 Å². The molecule has 1 aromatic rings. The van der Waals surface area contributed by atoms with Gasteiger partial charge in [-0.1, -0.05) is 30.3 Å². The summed E-state index contributed by atoms with van der Waals surface area (Å²) < 4.78 is 0. The summed E-state index contributed by atoms with van der Waals surface area (Å²) in [5.74, 6) is 1.06. The van der Waals surface area contributed by atoms with Crippen molar-refractivity contribution in [2.24, 2.45) is 0 Å². The van der Waals surface area contributed by atoms with Crippen LogP contribution in [0, 0.1) is 0 Å². The predicted molar refractivity (Wildman–Crippen MR) is 68.4 cm³/mol. The number of hydrogen-bond acceptors (Lipinski definition) is 2. The Balaban J connectivity index is 2.11. The van der Waals surface area contributed by atoms with Crippen molar-refractivity contribution in [3.8, 4) is 0 Å². The second kappa shape index (κ2) is 7.77. The predicted octanol–water partition coefficient (Wildman–Crippen LogP) is 3.12. The number of hydrogen-bond donors (Lipinski definition) is 1. The number of thioether (sulfide) groups is 1. The lowest BCUT2D eigenvalue weighted by molar-refractivity contribution is 0.159. The summed E-state index contributed by atoms with van der Waals surface area (Å²) in [7, 11) is 0. The van der Waals surface area contributed by atoms with Gasteiger partial charge in [0.1, 0.15) is 0 Å². The van der Waals surface area contributed by atoms with Gasteiger partial charge in [-0.05, 0) is 43.3 Å². The van der Waals surface area contributed by atoms with Crippen LogP contribution >= 0.6 is 11.8 Å². The van der Waals surface area contributed by atoms with Gasteiger partial charge in [0.15, 0.2) is 0 Å². The Bertz CT molecular complexity index is 248. The van der Waals surface area contributed by atoms with Crippen molar-refractivity contribution in [2.45, 2.75) is 31.8 Å². The fraction of sp³-hybridized carbons (Fsp3) is 0.538. The largest absolute Gasteiger partial charge is 0.393 e. The fourth-order valence-corrected chi connectivity index (χ4v) is 2.09. The van der Waals surface area contributed by atoms with Gasteiger partial charge >= 0.3 is 0 Å². The summed E-state index contributed by atoms with van der Waals surface area (Å²) in [5.41, 5.74) is 1.37. The zero-order chi connectivity index (χ0) is 10.9. The maximum atomic E-state index is 9.64. The zero-order valence-electron chi connectivity index (χ0n) is 9.36. The molecule has 0 aliphatic rings. The van der Waals surface area contributed by atoms with Crippen LogP contribution in [-0.2, 0) is 6.42 Å². The average molecular weight is 224 g/mol. The topological polar surface area (TPSA) is 20.2 Å². The molecule has 0 amide bonds. The molecule has 0 aliphatic heterocycles. The minimum absolute atomic E-state index is 0.110. The summed E-state index contributed by atoms with van der Waals surface area (Å²) in [6.07, 6.45) is 5.99. The van der Waals surface area contributed by atoms with Crippen molar-refractivity contribution in [2.75, 3.05) is 12.0 Å². The summed E-state index contributed by atoms with van der Waals surface area (Å²) in [6.45, 7) is 0. The van der Waals surface area contributed by atoms with E-state index >= 15 is 0 Å². The summed E-state index contributed by atoms with van der Waals surface area (Å²) in [5, 5.41) is 9.64. The zero-order valence-corrected chi connectivity index (χ0v) is 10.2. The van der Waals surface area contributed by atoms with E-state index in [0.717, 1.165) is 31.4 Å². The molecule has 1 atom stereocenters. The van der Waals surface area contributed by atoms with E-state index in [2.05, 4.69) is 30.5 Å². The minimum atomic E-state index is -0.110.